The molecule has 150 valence electrons. The summed E-state index contributed by atoms with van der Waals surface area (Å²) in [5, 5.41) is 3.17. The van der Waals surface area contributed by atoms with E-state index >= 15 is 0 Å². The van der Waals surface area contributed by atoms with Crippen molar-refractivity contribution in [2.75, 3.05) is 11.9 Å². The molecule has 0 radical (unpaired) electrons. The first-order valence-corrected chi connectivity index (χ1v) is 11.3. The zero-order chi connectivity index (χ0) is 20.9. The number of halogens is 2. The Morgan fingerprint density at radius 1 is 0.966 bits per heavy atom. The van der Waals surface area contributed by atoms with Crippen LogP contribution in [0, 0.1) is 0 Å². The molecule has 0 aliphatic rings. The minimum atomic E-state index is -3.89. The molecule has 3 aromatic carbocycles. The molecule has 0 atom stereocenters. The third kappa shape index (κ3) is 5.90. The summed E-state index contributed by atoms with van der Waals surface area (Å²) in [5.74, 6) is -0.455. The molecule has 1 N–H and O–H groups in total. The third-order valence-corrected chi connectivity index (χ3v) is 6.65. The molecule has 29 heavy (non-hydrogen) atoms. The van der Waals surface area contributed by atoms with E-state index in [4.69, 9.17) is 11.6 Å². The van der Waals surface area contributed by atoms with Crippen molar-refractivity contribution in [3.63, 3.8) is 0 Å². The smallest absolute Gasteiger partial charge is 0.243 e. The van der Waals surface area contributed by atoms with Crippen molar-refractivity contribution in [3.8, 4) is 0 Å². The van der Waals surface area contributed by atoms with Crippen LogP contribution < -0.4 is 5.32 Å². The van der Waals surface area contributed by atoms with Gasteiger partial charge in [-0.2, -0.15) is 4.31 Å². The van der Waals surface area contributed by atoms with Crippen LogP contribution in [0.4, 0.5) is 5.69 Å². The fraction of sp³-hybridized carbons (Fsp3) is 0.0952. The van der Waals surface area contributed by atoms with E-state index in [2.05, 4.69) is 21.2 Å². The number of hydrogen-bond acceptors (Lipinski definition) is 3. The monoisotopic (exact) mass is 492 g/mol. The predicted molar refractivity (Wildman–Crippen MR) is 118 cm³/mol. The molecular weight excluding hydrogens is 476 g/mol. The van der Waals surface area contributed by atoms with Crippen LogP contribution in [0.15, 0.2) is 88.2 Å². The molecule has 0 fully saturated rings. The molecule has 0 bridgehead atoms. The highest BCUT2D eigenvalue weighted by atomic mass is 79.9. The summed E-state index contributed by atoms with van der Waals surface area (Å²) in [5.41, 5.74) is 1.28. The van der Waals surface area contributed by atoms with Crippen molar-refractivity contribution in [1.82, 2.24) is 4.31 Å². The summed E-state index contributed by atoms with van der Waals surface area (Å²) in [6.45, 7) is -0.262. The second-order valence-electron chi connectivity index (χ2n) is 6.27. The fourth-order valence-corrected chi connectivity index (χ4v) is 4.53. The Kier molecular flexibility index (Phi) is 7.08. The summed E-state index contributed by atoms with van der Waals surface area (Å²) >= 11 is 9.25. The molecule has 5 nitrogen and oxygen atoms in total. The van der Waals surface area contributed by atoms with Crippen LogP contribution in [0.5, 0.6) is 0 Å². The number of benzene rings is 3. The number of carbonyl (C=O) groups is 1. The Morgan fingerprint density at radius 2 is 1.66 bits per heavy atom. The topological polar surface area (TPSA) is 66.5 Å². The predicted octanol–water partition coefficient (Wildman–Crippen LogP) is 4.93. The summed E-state index contributed by atoms with van der Waals surface area (Å²) in [4.78, 5) is 12.7. The molecule has 1 amide bonds. The lowest BCUT2D eigenvalue weighted by molar-refractivity contribution is -0.116. The lowest BCUT2D eigenvalue weighted by Crippen LogP contribution is -2.37. The first kappa shape index (κ1) is 21.5. The van der Waals surface area contributed by atoms with Crippen molar-refractivity contribution in [3.05, 3.63) is 93.9 Å². The fourth-order valence-electron chi connectivity index (χ4n) is 2.70. The summed E-state index contributed by atoms with van der Waals surface area (Å²) < 4.78 is 28.3. The van der Waals surface area contributed by atoms with Crippen molar-refractivity contribution < 1.29 is 13.2 Å². The molecule has 0 heterocycles. The Balaban J connectivity index is 1.86. The van der Waals surface area contributed by atoms with Crippen LogP contribution in [0.25, 0.3) is 0 Å². The van der Waals surface area contributed by atoms with Gasteiger partial charge in [0.25, 0.3) is 0 Å². The molecule has 0 aromatic heterocycles. The van der Waals surface area contributed by atoms with Gasteiger partial charge in [-0.15, -0.1) is 0 Å². The minimum absolute atomic E-state index is 0.0716. The van der Waals surface area contributed by atoms with Crippen LogP contribution in [0.3, 0.4) is 0 Å². The van der Waals surface area contributed by atoms with Gasteiger partial charge in [0.2, 0.25) is 15.9 Å². The van der Waals surface area contributed by atoms with E-state index in [0.29, 0.717) is 10.7 Å². The van der Waals surface area contributed by atoms with Gasteiger partial charge in [-0.25, -0.2) is 8.42 Å². The zero-order valence-corrected chi connectivity index (χ0v) is 18.4. The van der Waals surface area contributed by atoms with Gasteiger partial charge >= 0.3 is 0 Å². The van der Waals surface area contributed by atoms with Crippen molar-refractivity contribution in [1.29, 1.82) is 0 Å². The van der Waals surface area contributed by atoms with Crippen LogP contribution >= 0.6 is 27.5 Å². The zero-order valence-electron chi connectivity index (χ0n) is 15.3. The van der Waals surface area contributed by atoms with Gasteiger partial charge in [0.05, 0.1) is 11.4 Å². The average Bonchev–Trinajstić information content (AvgIpc) is 2.68. The molecule has 8 heteroatoms. The quantitative estimate of drug-likeness (QED) is 0.507. The summed E-state index contributed by atoms with van der Waals surface area (Å²) in [6, 6.07) is 22.1. The Bertz CT molecular complexity index is 1090. The number of hydrogen-bond donors (Lipinski definition) is 1. The number of anilines is 1. The molecule has 0 saturated heterocycles. The van der Waals surface area contributed by atoms with Crippen LogP contribution in [-0.2, 0) is 21.4 Å². The Morgan fingerprint density at radius 3 is 2.31 bits per heavy atom. The molecule has 3 rings (SSSR count). The standard InChI is InChI=1S/C21H18BrClN2O3S/c22-17-9-11-20(12-10-17)29(27,28)25(14-16-5-2-1-3-6-16)15-21(26)24-19-8-4-7-18(23)13-19/h1-13H,14-15H2,(H,24,26). The highest BCUT2D eigenvalue weighted by molar-refractivity contribution is 9.10. The minimum Gasteiger partial charge on any atom is -0.325 e. The number of rotatable bonds is 7. The number of amides is 1. The van der Waals surface area contributed by atoms with Gasteiger partial charge in [-0.3, -0.25) is 4.79 Å². The second kappa shape index (κ2) is 9.54. The first-order valence-electron chi connectivity index (χ1n) is 8.70. The highest BCUT2D eigenvalue weighted by Crippen LogP contribution is 2.21. The maximum atomic E-state index is 13.2. The molecule has 0 aliphatic heterocycles. The lowest BCUT2D eigenvalue weighted by Gasteiger charge is -2.22. The van der Waals surface area contributed by atoms with Gasteiger partial charge in [0.1, 0.15) is 0 Å². The average molecular weight is 494 g/mol. The van der Waals surface area contributed by atoms with Crippen molar-refractivity contribution in [2.45, 2.75) is 11.4 Å². The van der Waals surface area contributed by atoms with Crippen molar-refractivity contribution in [2.24, 2.45) is 0 Å². The van der Waals surface area contributed by atoms with E-state index in [1.807, 2.05) is 30.3 Å². The number of sulfonamides is 1. The van der Waals surface area contributed by atoms with Gasteiger partial charge in [0.15, 0.2) is 0 Å². The van der Waals surface area contributed by atoms with Crippen molar-refractivity contribution >= 4 is 49.1 Å². The number of nitrogens with zero attached hydrogens (tertiary/aromatic N) is 1. The van der Waals surface area contributed by atoms with Crippen LogP contribution in [0.2, 0.25) is 5.02 Å². The van der Waals surface area contributed by atoms with E-state index in [9.17, 15) is 13.2 Å². The van der Waals surface area contributed by atoms with E-state index in [0.717, 1.165) is 14.3 Å². The lowest BCUT2D eigenvalue weighted by atomic mass is 10.2. The van der Waals surface area contributed by atoms with E-state index < -0.39 is 15.9 Å². The third-order valence-electron chi connectivity index (χ3n) is 4.08. The molecule has 0 spiro atoms. The molecule has 3 aromatic rings. The Labute approximate surface area is 183 Å². The normalized spacial score (nSPS) is 11.4. The van der Waals surface area contributed by atoms with Gasteiger partial charge < -0.3 is 5.32 Å². The molecule has 0 saturated carbocycles. The first-order chi connectivity index (χ1) is 13.8. The summed E-state index contributed by atoms with van der Waals surface area (Å²) in [7, 11) is -3.89. The van der Waals surface area contributed by atoms with Gasteiger partial charge in [-0.1, -0.05) is 63.9 Å². The van der Waals surface area contributed by atoms with Gasteiger partial charge in [-0.05, 0) is 48.0 Å². The molecular formula is C21H18BrClN2O3S. The van der Waals surface area contributed by atoms with E-state index in [1.54, 1.807) is 36.4 Å². The van der Waals surface area contributed by atoms with E-state index in [1.165, 1.54) is 12.1 Å². The largest absolute Gasteiger partial charge is 0.325 e. The maximum Gasteiger partial charge on any atom is 0.243 e. The summed E-state index contributed by atoms with van der Waals surface area (Å²) in [6.07, 6.45) is 0. The highest BCUT2D eigenvalue weighted by Gasteiger charge is 2.27. The SMILES string of the molecule is O=C(CN(Cc1ccccc1)S(=O)(=O)c1ccc(Br)cc1)Nc1cccc(Cl)c1. The van der Waals surface area contributed by atoms with E-state index in [-0.39, 0.29) is 18.0 Å². The molecule has 0 aliphatic carbocycles. The maximum absolute atomic E-state index is 13.2. The number of carbonyl (C=O) groups excluding carboxylic acids is 1. The van der Waals surface area contributed by atoms with Gasteiger partial charge in [0, 0.05) is 21.7 Å². The van der Waals surface area contributed by atoms with Crippen LogP contribution in [-0.4, -0.2) is 25.2 Å². The Hall–Kier alpha value is -2.19. The molecule has 0 unspecified atom stereocenters. The van der Waals surface area contributed by atoms with Crippen LogP contribution in [0.1, 0.15) is 5.56 Å². The second-order valence-corrected chi connectivity index (χ2v) is 9.56. The number of nitrogens with one attached hydrogen (secondary N) is 1.